The molecular weight excluding hydrogens is 338 g/mol. The third kappa shape index (κ3) is 3.62. The number of carbonyl (C=O) groups is 1. The Hall–Kier alpha value is -0.670. The van der Waals surface area contributed by atoms with Gasteiger partial charge in [-0.05, 0) is 86.0 Å². The molecule has 0 aromatic heterocycles. The van der Waals surface area contributed by atoms with Crippen LogP contribution in [-0.4, -0.2) is 17.4 Å². The van der Waals surface area contributed by atoms with Gasteiger partial charge < -0.3 is 5.32 Å². The van der Waals surface area contributed by atoms with Crippen molar-refractivity contribution in [1.29, 1.82) is 0 Å². The van der Waals surface area contributed by atoms with Crippen molar-refractivity contribution in [2.45, 2.75) is 44.9 Å². The number of anilines is 1. The second-order valence-electron chi connectivity index (χ2n) is 8.25. The third-order valence-corrected chi connectivity index (χ3v) is 7.61. The van der Waals surface area contributed by atoms with E-state index < -0.39 is 0 Å². The predicted molar refractivity (Wildman–Crippen MR) is 103 cm³/mol. The summed E-state index contributed by atoms with van der Waals surface area (Å²) >= 11 is 7.86. The summed E-state index contributed by atoms with van der Waals surface area (Å²) in [6, 6.07) is 7.41. The number of para-hydroxylation sites is 1. The molecule has 0 heterocycles. The van der Waals surface area contributed by atoms with Gasteiger partial charge in [0.2, 0.25) is 5.91 Å². The molecule has 0 aliphatic heterocycles. The van der Waals surface area contributed by atoms with Crippen molar-refractivity contribution in [1.82, 2.24) is 0 Å². The van der Waals surface area contributed by atoms with E-state index in [4.69, 9.17) is 11.6 Å². The van der Waals surface area contributed by atoms with E-state index in [1.165, 1.54) is 44.9 Å². The van der Waals surface area contributed by atoms with Gasteiger partial charge in [0.05, 0.1) is 16.5 Å². The van der Waals surface area contributed by atoms with E-state index in [9.17, 15) is 4.79 Å². The fourth-order valence-electron chi connectivity index (χ4n) is 5.80. The van der Waals surface area contributed by atoms with Crippen LogP contribution < -0.4 is 5.32 Å². The topological polar surface area (TPSA) is 29.1 Å². The molecule has 4 saturated carbocycles. The maximum absolute atomic E-state index is 12.1. The molecular formula is C20H26ClNOS. The van der Waals surface area contributed by atoms with Crippen molar-refractivity contribution in [2.75, 3.05) is 16.8 Å². The maximum atomic E-state index is 12.1. The number of hydrogen-bond donors (Lipinski definition) is 1. The Bertz CT molecular complexity index is 582. The van der Waals surface area contributed by atoms with Crippen molar-refractivity contribution in [3.8, 4) is 0 Å². The second kappa shape index (κ2) is 6.92. The normalized spacial score (nSPS) is 33.6. The highest BCUT2D eigenvalue weighted by Gasteiger charge is 2.50. The molecule has 24 heavy (non-hydrogen) atoms. The first-order chi connectivity index (χ1) is 11.6. The van der Waals surface area contributed by atoms with Crippen molar-refractivity contribution in [3.63, 3.8) is 0 Å². The van der Waals surface area contributed by atoms with Gasteiger partial charge in [0, 0.05) is 0 Å². The van der Waals surface area contributed by atoms with Crippen LogP contribution in [-0.2, 0) is 4.79 Å². The Morgan fingerprint density at radius 1 is 1.12 bits per heavy atom. The Morgan fingerprint density at radius 3 is 2.38 bits per heavy atom. The van der Waals surface area contributed by atoms with Crippen LogP contribution in [0.15, 0.2) is 24.3 Å². The van der Waals surface area contributed by atoms with Gasteiger partial charge in [0.1, 0.15) is 0 Å². The summed E-state index contributed by atoms with van der Waals surface area (Å²) in [6.07, 6.45) is 10.2. The number of benzene rings is 1. The standard InChI is InChI=1S/C20H26ClNOS/c21-17-3-1-2-4-18(17)22-19(23)13-24-6-5-20-10-14-7-15(11-20)9-16(8-14)12-20/h1-4,14-16H,5-13H2,(H,22,23). The van der Waals surface area contributed by atoms with Crippen LogP contribution in [0.2, 0.25) is 5.02 Å². The van der Waals surface area contributed by atoms with Gasteiger partial charge in [-0.1, -0.05) is 23.7 Å². The summed E-state index contributed by atoms with van der Waals surface area (Å²) in [4.78, 5) is 12.1. The number of carbonyl (C=O) groups excluding carboxylic acids is 1. The van der Waals surface area contributed by atoms with Gasteiger partial charge >= 0.3 is 0 Å². The average Bonchev–Trinajstić information content (AvgIpc) is 2.53. The fourth-order valence-corrected chi connectivity index (χ4v) is 6.96. The molecule has 2 nitrogen and oxygen atoms in total. The zero-order chi connectivity index (χ0) is 16.6. The van der Waals surface area contributed by atoms with Crippen LogP contribution in [0, 0.1) is 23.2 Å². The Balaban J connectivity index is 1.22. The lowest BCUT2D eigenvalue weighted by molar-refractivity contribution is -0.113. The largest absolute Gasteiger partial charge is 0.324 e. The summed E-state index contributed by atoms with van der Waals surface area (Å²) in [5.41, 5.74) is 1.34. The molecule has 4 heteroatoms. The van der Waals surface area contributed by atoms with E-state index in [1.54, 1.807) is 17.8 Å². The molecule has 5 rings (SSSR count). The molecule has 1 aromatic rings. The van der Waals surface area contributed by atoms with Crippen molar-refractivity contribution < 1.29 is 4.79 Å². The highest BCUT2D eigenvalue weighted by molar-refractivity contribution is 7.99. The lowest BCUT2D eigenvalue weighted by Crippen LogP contribution is -2.46. The molecule has 1 aromatic carbocycles. The molecule has 4 fully saturated rings. The molecule has 0 spiro atoms. The van der Waals surface area contributed by atoms with Gasteiger partial charge in [0.15, 0.2) is 0 Å². The van der Waals surface area contributed by atoms with E-state index in [2.05, 4.69) is 5.32 Å². The Labute approximate surface area is 154 Å². The number of halogens is 1. The van der Waals surface area contributed by atoms with Gasteiger partial charge in [-0.2, -0.15) is 11.8 Å². The first-order valence-corrected chi connectivity index (χ1v) is 10.8. The number of nitrogens with one attached hydrogen (secondary N) is 1. The summed E-state index contributed by atoms with van der Waals surface area (Å²) in [6.45, 7) is 0. The quantitative estimate of drug-likeness (QED) is 0.664. The summed E-state index contributed by atoms with van der Waals surface area (Å²) in [7, 11) is 0. The number of hydrogen-bond acceptors (Lipinski definition) is 2. The summed E-state index contributed by atoms with van der Waals surface area (Å²) in [5.74, 6) is 4.75. The minimum absolute atomic E-state index is 0.0543. The molecule has 4 aliphatic rings. The average molecular weight is 364 g/mol. The molecule has 130 valence electrons. The van der Waals surface area contributed by atoms with Crippen molar-refractivity contribution >= 4 is 35.0 Å². The molecule has 4 bridgehead atoms. The second-order valence-corrected chi connectivity index (χ2v) is 9.76. The van der Waals surface area contributed by atoms with E-state index in [1.807, 2.05) is 18.2 Å². The van der Waals surface area contributed by atoms with E-state index in [-0.39, 0.29) is 5.91 Å². The van der Waals surface area contributed by atoms with Crippen molar-refractivity contribution in [3.05, 3.63) is 29.3 Å². The first-order valence-electron chi connectivity index (χ1n) is 9.24. The maximum Gasteiger partial charge on any atom is 0.234 e. The van der Waals surface area contributed by atoms with Crippen LogP contribution in [0.25, 0.3) is 0 Å². The minimum atomic E-state index is 0.0543. The minimum Gasteiger partial charge on any atom is -0.324 e. The number of thioether (sulfide) groups is 1. The lowest BCUT2D eigenvalue weighted by Gasteiger charge is -2.57. The van der Waals surface area contributed by atoms with Gasteiger partial charge in [-0.3, -0.25) is 4.79 Å². The van der Waals surface area contributed by atoms with E-state index in [0.29, 0.717) is 21.9 Å². The van der Waals surface area contributed by atoms with Crippen molar-refractivity contribution in [2.24, 2.45) is 23.2 Å². The Morgan fingerprint density at radius 2 is 1.75 bits per heavy atom. The summed E-state index contributed by atoms with van der Waals surface area (Å²) < 4.78 is 0. The fraction of sp³-hybridized carbons (Fsp3) is 0.650. The zero-order valence-electron chi connectivity index (χ0n) is 14.1. The SMILES string of the molecule is O=C(CSCCC12CC3CC(CC(C3)C1)C2)Nc1ccccc1Cl. The molecule has 0 saturated heterocycles. The van der Waals surface area contributed by atoms with Gasteiger partial charge in [0.25, 0.3) is 0 Å². The predicted octanol–water partition coefficient (Wildman–Crippen LogP) is 5.62. The third-order valence-electron chi connectivity index (χ3n) is 6.32. The Kier molecular flexibility index (Phi) is 4.83. The molecule has 0 atom stereocenters. The highest BCUT2D eigenvalue weighted by Crippen LogP contribution is 2.61. The van der Waals surface area contributed by atoms with Crippen LogP contribution in [0.4, 0.5) is 5.69 Å². The number of amides is 1. The van der Waals surface area contributed by atoms with Crippen LogP contribution in [0.3, 0.4) is 0 Å². The van der Waals surface area contributed by atoms with E-state index >= 15 is 0 Å². The summed E-state index contributed by atoms with van der Waals surface area (Å²) in [5, 5.41) is 3.51. The number of rotatable bonds is 6. The molecule has 1 N–H and O–H groups in total. The lowest BCUT2D eigenvalue weighted by atomic mass is 9.49. The first kappa shape index (κ1) is 16.8. The molecule has 4 aliphatic carbocycles. The van der Waals surface area contributed by atoms with Gasteiger partial charge in [-0.25, -0.2) is 0 Å². The van der Waals surface area contributed by atoms with Crippen LogP contribution in [0.5, 0.6) is 0 Å². The highest BCUT2D eigenvalue weighted by atomic mass is 35.5. The monoisotopic (exact) mass is 363 g/mol. The molecule has 0 radical (unpaired) electrons. The van der Waals surface area contributed by atoms with Crippen LogP contribution >= 0.6 is 23.4 Å². The molecule has 0 unspecified atom stereocenters. The van der Waals surface area contributed by atoms with Crippen LogP contribution in [0.1, 0.15) is 44.9 Å². The van der Waals surface area contributed by atoms with E-state index in [0.717, 1.165) is 23.5 Å². The molecule has 1 amide bonds. The van der Waals surface area contributed by atoms with Gasteiger partial charge in [-0.15, -0.1) is 0 Å². The zero-order valence-corrected chi connectivity index (χ0v) is 15.7. The smallest absolute Gasteiger partial charge is 0.234 e.